The Morgan fingerprint density at radius 2 is 1.52 bits per heavy atom. The van der Waals surface area contributed by atoms with Crippen molar-refractivity contribution >= 4 is 15.7 Å². The Kier molecular flexibility index (Phi) is 4.90. The molecule has 0 aromatic heterocycles. The van der Waals surface area contributed by atoms with E-state index in [1.807, 2.05) is 42.5 Å². The monoisotopic (exact) mass is 330 g/mol. The molecule has 0 atom stereocenters. The van der Waals surface area contributed by atoms with Crippen molar-refractivity contribution < 1.29 is 8.42 Å². The molecule has 1 N–H and O–H groups in total. The number of rotatable bonds is 4. The summed E-state index contributed by atoms with van der Waals surface area (Å²) in [4.78, 5) is 2.50. The molecule has 0 unspecified atom stereocenters. The molecule has 0 saturated heterocycles. The maximum Gasteiger partial charge on any atom is 0.276 e. The van der Waals surface area contributed by atoms with Gasteiger partial charge in [0, 0.05) is 0 Å². The molecular formula is C18H22N2O2S. The molecular weight excluding hydrogens is 308 g/mol. The maximum absolute atomic E-state index is 12.3. The Morgan fingerprint density at radius 1 is 0.957 bits per heavy atom. The van der Waals surface area contributed by atoms with Crippen molar-refractivity contribution in [1.82, 2.24) is 4.83 Å². The van der Waals surface area contributed by atoms with E-state index in [1.165, 1.54) is 0 Å². The molecule has 0 amide bonds. The minimum atomic E-state index is -3.66. The predicted octanol–water partition coefficient (Wildman–Crippen LogP) is 3.69. The largest absolute Gasteiger partial charge is 0.276 e. The summed E-state index contributed by atoms with van der Waals surface area (Å²) in [6.45, 7) is 8.02. The standard InChI is InChI=1S/C18H22N2O2S/c1-14(15-8-6-5-7-9-15)19-20-23(21,22)17-12-10-16(11-13-17)18(2,3)4/h5-13,20H,1-4H3/b19-14-. The minimum Gasteiger partial charge on any atom is -0.200 e. The SMILES string of the molecule is C/C(=N/NS(=O)(=O)c1ccc(C(C)(C)C)cc1)c1ccccc1. The molecule has 23 heavy (non-hydrogen) atoms. The molecule has 0 radical (unpaired) electrons. The summed E-state index contributed by atoms with van der Waals surface area (Å²) in [6.07, 6.45) is 0. The van der Waals surface area contributed by atoms with E-state index in [4.69, 9.17) is 0 Å². The van der Waals surface area contributed by atoms with E-state index in [0.29, 0.717) is 5.71 Å². The quantitative estimate of drug-likeness (QED) is 0.686. The molecule has 0 heterocycles. The second-order valence-electron chi connectivity index (χ2n) is 6.43. The first kappa shape index (κ1) is 17.2. The highest BCUT2D eigenvalue weighted by molar-refractivity contribution is 7.89. The first-order valence-electron chi connectivity index (χ1n) is 7.42. The van der Waals surface area contributed by atoms with Gasteiger partial charge < -0.3 is 0 Å². The van der Waals surface area contributed by atoms with E-state index in [0.717, 1.165) is 11.1 Å². The van der Waals surface area contributed by atoms with Crippen LogP contribution in [0.4, 0.5) is 0 Å². The third-order valence-electron chi connectivity index (χ3n) is 3.56. The van der Waals surface area contributed by atoms with Crippen LogP contribution in [-0.2, 0) is 15.4 Å². The van der Waals surface area contributed by atoms with Crippen molar-refractivity contribution in [3.63, 3.8) is 0 Å². The van der Waals surface area contributed by atoms with Crippen molar-refractivity contribution in [3.05, 3.63) is 65.7 Å². The zero-order valence-corrected chi connectivity index (χ0v) is 14.7. The van der Waals surface area contributed by atoms with Crippen LogP contribution < -0.4 is 4.83 Å². The summed E-state index contributed by atoms with van der Waals surface area (Å²) in [7, 11) is -3.66. The van der Waals surface area contributed by atoms with Crippen LogP contribution in [0.3, 0.4) is 0 Å². The Morgan fingerprint density at radius 3 is 2.04 bits per heavy atom. The maximum atomic E-state index is 12.3. The van der Waals surface area contributed by atoms with E-state index < -0.39 is 10.0 Å². The first-order chi connectivity index (χ1) is 10.7. The summed E-state index contributed by atoms with van der Waals surface area (Å²) in [5, 5.41) is 3.99. The van der Waals surface area contributed by atoms with Gasteiger partial charge in [-0.25, -0.2) is 0 Å². The van der Waals surface area contributed by atoms with Gasteiger partial charge in [-0.15, -0.1) is 0 Å². The zero-order valence-electron chi connectivity index (χ0n) is 13.9. The topological polar surface area (TPSA) is 58.5 Å². The third kappa shape index (κ3) is 4.42. The summed E-state index contributed by atoms with van der Waals surface area (Å²) >= 11 is 0. The number of nitrogens with zero attached hydrogens (tertiary/aromatic N) is 1. The van der Waals surface area contributed by atoms with Crippen molar-refractivity contribution in [2.45, 2.75) is 38.0 Å². The Labute approximate surface area is 138 Å². The fourth-order valence-electron chi connectivity index (χ4n) is 2.06. The van der Waals surface area contributed by atoms with E-state index in [9.17, 15) is 8.42 Å². The Bertz CT molecular complexity index is 787. The number of benzene rings is 2. The lowest BCUT2D eigenvalue weighted by Crippen LogP contribution is -2.20. The molecule has 2 aromatic rings. The minimum absolute atomic E-state index is 0.0161. The zero-order chi connectivity index (χ0) is 17.1. The summed E-state index contributed by atoms with van der Waals surface area (Å²) < 4.78 is 24.6. The van der Waals surface area contributed by atoms with Crippen LogP contribution >= 0.6 is 0 Å². The van der Waals surface area contributed by atoms with Crippen LogP contribution in [0.5, 0.6) is 0 Å². The molecule has 0 spiro atoms. The van der Waals surface area contributed by atoms with E-state index in [-0.39, 0.29) is 10.3 Å². The molecule has 4 nitrogen and oxygen atoms in total. The average molecular weight is 330 g/mol. The van der Waals surface area contributed by atoms with Gasteiger partial charge >= 0.3 is 0 Å². The molecule has 0 aliphatic heterocycles. The molecule has 0 fully saturated rings. The number of hydrogen-bond donors (Lipinski definition) is 1. The number of sulfonamides is 1. The van der Waals surface area contributed by atoms with Crippen LogP contribution in [0.25, 0.3) is 0 Å². The van der Waals surface area contributed by atoms with Crippen molar-refractivity contribution in [3.8, 4) is 0 Å². The second kappa shape index (κ2) is 6.54. The van der Waals surface area contributed by atoms with E-state index in [2.05, 4.69) is 30.7 Å². The summed E-state index contributed by atoms with van der Waals surface area (Å²) in [5.41, 5.74) is 2.55. The fourth-order valence-corrected chi connectivity index (χ4v) is 2.92. The average Bonchev–Trinajstić information content (AvgIpc) is 2.53. The van der Waals surface area contributed by atoms with Crippen molar-refractivity contribution in [1.29, 1.82) is 0 Å². The molecule has 2 rings (SSSR count). The normalized spacial score (nSPS) is 13.0. The van der Waals surface area contributed by atoms with E-state index >= 15 is 0 Å². The number of nitrogens with one attached hydrogen (secondary N) is 1. The Balaban J connectivity index is 2.19. The predicted molar refractivity (Wildman–Crippen MR) is 94.1 cm³/mol. The van der Waals surface area contributed by atoms with E-state index in [1.54, 1.807) is 19.1 Å². The highest BCUT2D eigenvalue weighted by atomic mass is 32.2. The number of hydrogen-bond acceptors (Lipinski definition) is 3. The van der Waals surface area contributed by atoms with Gasteiger partial charge in [-0.1, -0.05) is 63.2 Å². The molecule has 0 aliphatic carbocycles. The second-order valence-corrected chi connectivity index (χ2v) is 8.09. The molecule has 2 aromatic carbocycles. The van der Waals surface area contributed by atoms with Crippen LogP contribution in [0, 0.1) is 0 Å². The third-order valence-corrected chi connectivity index (χ3v) is 4.78. The molecule has 0 saturated carbocycles. The van der Waals surface area contributed by atoms with Gasteiger partial charge in [-0.3, -0.25) is 0 Å². The van der Waals surface area contributed by atoms with Crippen LogP contribution in [-0.4, -0.2) is 14.1 Å². The smallest absolute Gasteiger partial charge is 0.200 e. The van der Waals surface area contributed by atoms with Gasteiger partial charge in [-0.05, 0) is 35.6 Å². The fraction of sp³-hybridized carbons (Fsp3) is 0.278. The highest BCUT2D eigenvalue weighted by Crippen LogP contribution is 2.23. The lowest BCUT2D eigenvalue weighted by molar-refractivity contribution is 0.580. The lowest BCUT2D eigenvalue weighted by Gasteiger charge is -2.19. The van der Waals surface area contributed by atoms with Gasteiger partial charge in [-0.2, -0.15) is 18.4 Å². The van der Waals surface area contributed by atoms with Crippen molar-refractivity contribution in [2.24, 2.45) is 5.10 Å². The van der Waals surface area contributed by atoms with Gasteiger partial charge in [0.15, 0.2) is 0 Å². The molecule has 5 heteroatoms. The number of hydrazone groups is 1. The van der Waals surface area contributed by atoms with Gasteiger partial charge in [0.2, 0.25) is 0 Å². The van der Waals surface area contributed by atoms with Gasteiger partial charge in [0.05, 0.1) is 10.6 Å². The highest BCUT2D eigenvalue weighted by Gasteiger charge is 2.17. The molecule has 0 aliphatic rings. The summed E-state index contributed by atoms with van der Waals surface area (Å²) in [6, 6.07) is 16.3. The van der Waals surface area contributed by atoms with Gasteiger partial charge in [0.25, 0.3) is 10.0 Å². The van der Waals surface area contributed by atoms with Crippen molar-refractivity contribution in [2.75, 3.05) is 0 Å². The lowest BCUT2D eigenvalue weighted by atomic mass is 9.87. The van der Waals surface area contributed by atoms with Gasteiger partial charge in [0.1, 0.15) is 0 Å². The molecule has 0 bridgehead atoms. The van der Waals surface area contributed by atoms with Crippen LogP contribution in [0.2, 0.25) is 0 Å². The van der Waals surface area contributed by atoms with Crippen LogP contribution in [0.15, 0.2) is 64.6 Å². The molecule has 122 valence electrons. The first-order valence-corrected chi connectivity index (χ1v) is 8.90. The Hall–Kier alpha value is -2.14. The summed E-state index contributed by atoms with van der Waals surface area (Å²) in [5.74, 6) is 0. The van der Waals surface area contributed by atoms with Crippen LogP contribution in [0.1, 0.15) is 38.8 Å².